The van der Waals surface area contributed by atoms with Crippen LogP contribution in [-0.2, 0) is 0 Å². The van der Waals surface area contributed by atoms with Crippen molar-refractivity contribution in [1.29, 1.82) is 0 Å². The molecular formula is C20H32. The highest BCUT2D eigenvalue weighted by Crippen LogP contribution is 2.73. The summed E-state index contributed by atoms with van der Waals surface area (Å²) >= 11 is 0. The fraction of sp³-hybridized carbons (Fsp3) is 0.900. The van der Waals surface area contributed by atoms with Crippen LogP contribution in [0.25, 0.3) is 0 Å². The van der Waals surface area contributed by atoms with Crippen molar-refractivity contribution in [2.24, 2.45) is 39.9 Å². The molecule has 0 aromatic rings. The van der Waals surface area contributed by atoms with Crippen molar-refractivity contribution in [3.63, 3.8) is 0 Å². The predicted molar refractivity (Wildman–Crippen MR) is 85.4 cm³/mol. The number of fused-ring (bicyclic) bond motifs is 4. The normalized spacial score (nSPS) is 51.4. The maximum Gasteiger partial charge on any atom is -0.00336 e. The Kier molecular flexibility index (Phi) is 2.50. The summed E-state index contributed by atoms with van der Waals surface area (Å²) in [5.41, 5.74) is 3.64. The molecule has 0 heteroatoms. The van der Waals surface area contributed by atoms with Gasteiger partial charge in [-0.15, -0.1) is 0 Å². The Labute approximate surface area is 125 Å². The van der Waals surface area contributed by atoms with E-state index in [1.165, 1.54) is 38.5 Å². The molecule has 5 atom stereocenters. The highest BCUT2D eigenvalue weighted by atomic mass is 14.7. The van der Waals surface area contributed by atoms with E-state index < -0.39 is 0 Å². The molecule has 0 bridgehead atoms. The second-order valence-electron chi connectivity index (χ2n) is 9.64. The molecule has 3 saturated carbocycles. The summed E-state index contributed by atoms with van der Waals surface area (Å²) < 4.78 is 0. The van der Waals surface area contributed by atoms with Gasteiger partial charge in [-0.1, -0.05) is 46.3 Å². The first-order chi connectivity index (χ1) is 9.31. The smallest absolute Gasteiger partial charge is 0.00336 e. The third-order valence-electron chi connectivity index (χ3n) is 8.35. The molecule has 0 amide bonds. The molecule has 4 rings (SSSR count). The van der Waals surface area contributed by atoms with Gasteiger partial charge in [-0.25, -0.2) is 0 Å². The Morgan fingerprint density at radius 2 is 1.55 bits per heavy atom. The number of hydrogen-bond acceptors (Lipinski definition) is 0. The maximum absolute atomic E-state index is 2.82. The predicted octanol–water partition coefficient (Wildman–Crippen LogP) is 5.83. The first-order valence-corrected chi connectivity index (χ1v) is 9.04. The summed E-state index contributed by atoms with van der Waals surface area (Å²) in [6, 6.07) is 0. The SMILES string of the molecule is C[C@@H]1CC[C@@H](C)C12CCC1C2=C[C@@]2(C)CCC(C)(C)[C@@H]12. The highest BCUT2D eigenvalue weighted by Gasteiger charge is 2.64. The largest absolute Gasteiger partial charge is 0.0782 e. The molecule has 0 saturated heterocycles. The van der Waals surface area contributed by atoms with Crippen LogP contribution in [-0.4, -0.2) is 0 Å². The first kappa shape index (κ1) is 13.4. The number of allylic oxidation sites excluding steroid dienone is 2. The second kappa shape index (κ2) is 3.73. The van der Waals surface area contributed by atoms with Gasteiger partial charge in [0.15, 0.2) is 0 Å². The fourth-order valence-electron chi connectivity index (χ4n) is 7.51. The standard InChI is InChI=1S/C20H32/c1-13-6-7-14(2)20(13)9-8-15-16(20)12-19(5)11-10-18(3,4)17(15)19/h12-15,17H,6-11H2,1-5H3/t13-,14-,15?,17-,19-/m1/s1. The minimum atomic E-state index is 0.527. The summed E-state index contributed by atoms with van der Waals surface area (Å²) in [5, 5.41) is 0. The summed E-state index contributed by atoms with van der Waals surface area (Å²) in [4.78, 5) is 0. The lowest BCUT2D eigenvalue weighted by Gasteiger charge is -2.37. The molecule has 0 heterocycles. The highest BCUT2D eigenvalue weighted by molar-refractivity contribution is 5.37. The lowest BCUT2D eigenvalue weighted by atomic mass is 9.67. The Morgan fingerprint density at radius 3 is 2.20 bits per heavy atom. The fourth-order valence-corrected chi connectivity index (χ4v) is 7.51. The van der Waals surface area contributed by atoms with E-state index in [1.54, 1.807) is 0 Å². The summed E-state index contributed by atoms with van der Waals surface area (Å²) in [5.74, 6) is 3.73. The molecule has 1 spiro atoms. The van der Waals surface area contributed by atoms with E-state index >= 15 is 0 Å². The second-order valence-corrected chi connectivity index (χ2v) is 9.64. The van der Waals surface area contributed by atoms with E-state index in [9.17, 15) is 0 Å². The quantitative estimate of drug-likeness (QED) is 0.487. The molecule has 0 radical (unpaired) electrons. The third-order valence-corrected chi connectivity index (χ3v) is 8.35. The molecule has 0 aliphatic heterocycles. The molecule has 1 unspecified atom stereocenters. The van der Waals surface area contributed by atoms with Gasteiger partial charge in [0.1, 0.15) is 0 Å². The Morgan fingerprint density at radius 1 is 0.900 bits per heavy atom. The average molecular weight is 272 g/mol. The molecule has 0 N–H and O–H groups in total. The van der Waals surface area contributed by atoms with Crippen molar-refractivity contribution in [1.82, 2.24) is 0 Å². The van der Waals surface area contributed by atoms with Gasteiger partial charge in [0.05, 0.1) is 0 Å². The van der Waals surface area contributed by atoms with Gasteiger partial charge in [-0.05, 0) is 78.4 Å². The van der Waals surface area contributed by atoms with Crippen LogP contribution in [0.15, 0.2) is 11.6 Å². The Bertz CT molecular complexity index is 458. The van der Waals surface area contributed by atoms with Crippen molar-refractivity contribution in [3.8, 4) is 0 Å². The average Bonchev–Trinajstić information content (AvgIpc) is 3.00. The van der Waals surface area contributed by atoms with Gasteiger partial charge in [-0.2, -0.15) is 0 Å². The molecule has 3 fully saturated rings. The van der Waals surface area contributed by atoms with Crippen LogP contribution in [0.3, 0.4) is 0 Å². The van der Waals surface area contributed by atoms with Gasteiger partial charge in [0.25, 0.3) is 0 Å². The minimum absolute atomic E-state index is 0.527. The number of hydrogen-bond donors (Lipinski definition) is 0. The van der Waals surface area contributed by atoms with E-state index in [0.717, 1.165) is 23.7 Å². The lowest BCUT2D eigenvalue weighted by molar-refractivity contribution is 0.145. The van der Waals surface area contributed by atoms with E-state index in [0.29, 0.717) is 16.2 Å². The van der Waals surface area contributed by atoms with Crippen LogP contribution in [0.5, 0.6) is 0 Å². The zero-order valence-electron chi connectivity index (χ0n) is 14.1. The van der Waals surface area contributed by atoms with Crippen LogP contribution in [0.2, 0.25) is 0 Å². The Hall–Kier alpha value is -0.260. The molecule has 0 aromatic heterocycles. The van der Waals surface area contributed by atoms with Crippen molar-refractivity contribution in [2.45, 2.75) is 73.1 Å². The molecule has 0 nitrogen and oxygen atoms in total. The summed E-state index contributed by atoms with van der Waals surface area (Å²) in [6.45, 7) is 12.8. The Balaban J connectivity index is 1.81. The molecule has 0 aromatic carbocycles. The van der Waals surface area contributed by atoms with Crippen molar-refractivity contribution >= 4 is 0 Å². The molecular weight excluding hydrogens is 240 g/mol. The maximum atomic E-state index is 2.82. The molecule has 4 aliphatic rings. The summed E-state index contributed by atoms with van der Waals surface area (Å²) in [7, 11) is 0. The van der Waals surface area contributed by atoms with Gasteiger partial charge in [0, 0.05) is 0 Å². The minimum Gasteiger partial charge on any atom is -0.0782 e. The van der Waals surface area contributed by atoms with E-state index in [-0.39, 0.29) is 0 Å². The lowest BCUT2D eigenvalue weighted by Crippen LogP contribution is -2.31. The van der Waals surface area contributed by atoms with E-state index in [4.69, 9.17) is 0 Å². The first-order valence-electron chi connectivity index (χ1n) is 9.04. The number of rotatable bonds is 0. The monoisotopic (exact) mass is 272 g/mol. The van der Waals surface area contributed by atoms with Crippen LogP contribution in [0.4, 0.5) is 0 Å². The summed E-state index contributed by atoms with van der Waals surface area (Å²) in [6.07, 6.45) is 11.6. The van der Waals surface area contributed by atoms with Gasteiger partial charge < -0.3 is 0 Å². The van der Waals surface area contributed by atoms with Crippen LogP contribution < -0.4 is 0 Å². The third kappa shape index (κ3) is 1.35. The van der Waals surface area contributed by atoms with Crippen LogP contribution in [0.1, 0.15) is 73.1 Å². The van der Waals surface area contributed by atoms with Crippen molar-refractivity contribution in [2.75, 3.05) is 0 Å². The van der Waals surface area contributed by atoms with Crippen LogP contribution in [0, 0.1) is 39.9 Å². The molecule has 112 valence electrons. The van der Waals surface area contributed by atoms with Crippen molar-refractivity contribution in [3.05, 3.63) is 11.6 Å². The van der Waals surface area contributed by atoms with Crippen LogP contribution >= 0.6 is 0 Å². The van der Waals surface area contributed by atoms with E-state index in [2.05, 4.69) is 40.7 Å². The van der Waals surface area contributed by atoms with Gasteiger partial charge in [0.2, 0.25) is 0 Å². The molecule has 4 aliphatic carbocycles. The van der Waals surface area contributed by atoms with Gasteiger partial charge >= 0.3 is 0 Å². The van der Waals surface area contributed by atoms with Gasteiger partial charge in [-0.3, -0.25) is 0 Å². The zero-order valence-corrected chi connectivity index (χ0v) is 14.1. The van der Waals surface area contributed by atoms with Crippen molar-refractivity contribution < 1.29 is 0 Å². The zero-order chi connectivity index (χ0) is 14.3. The molecule has 20 heavy (non-hydrogen) atoms. The van der Waals surface area contributed by atoms with E-state index in [1.807, 2.05) is 5.57 Å². The topological polar surface area (TPSA) is 0 Å².